The van der Waals surface area contributed by atoms with Gasteiger partial charge in [-0.15, -0.1) is 16.4 Å². The molecule has 2 aromatic heterocycles. The molecule has 6 heteroatoms. The molecule has 1 N–H and O–H groups in total. The third-order valence-electron chi connectivity index (χ3n) is 2.46. The Morgan fingerprint density at radius 2 is 2.11 bits per heavy atom. The van der Waals surface area contributed by atoms with Crippen molar-refractivity contribution in [1.82, 2.24) is 20.3 Å². The Labute approximate surface area is 120 Å². The highest BCUT2D eigenvalue weighted by Gasteiger charge is 2.14. The fraction of sp³-hybridized carbons (Fsp3) is 0.500. The van der Waals surface area contributed by atoms with E-state index in [0.29, 0.717) is 0 Å². The number of nitrogens with one attached hydrogen (secondary N) is 1. The van der Waals surface area contributed by atoms with Crippen molar-refractivity contribution in [3.8, 4) is 0 Å². The summed E-state index contributed by atoms with van der Waals surface area (Å²) in [6.07, 6.45) is 2.00. The topological polar surface area (TPSA) is 42.7 Å². The number of rotatable bonds is 4. The highest BCUT2D eigenvalue weighted by atomic mass is 79.9. The Morgan fingerprint density at radius 3 is 2.67 bits per heavy atom. The lowest BCUT2D eigenvalue weighted by molar-refractivity contribution is 0.347. The van der Waals surface area contributed by atoms with Crippen LogP contribution in [0.3, 0.4) is 0 Å². The van der Waals surface area contributed by atoms with Gasteiger partial charge in [-0.05, 0) is 48.8 Å². The lowest BCUT2D eigenvalue weighted by atomic mass is 10.1. The normalized spacial score (nSPS) is 12.0. The molecule has 2 aromatic rings. The molecule has 0 bridgehead atoms. The standard InChI is InChI=1S/C12H17BrN4S/c1-12(2,3)17-8-9(15-16-17)6-14-7-10-4-5-11(13)18-10/h4-5,8,14H,6-7H2,1-3H3. The van der Waals surface area contributed by atoms with E-state index >= 15 is 0 Å². The minimum absolute atomic E-state index is 0.0101. The highest BCUT2D eigenvalue weighted by molar-refractivity contribution is 9.11. The molecule has 98 valence electrons. The summed E-state index contributed by atoms with van der Waals surface area (Å²) in [5.74, 6) is 0. The van der Waals surface area contributed by atoms with E-state index in [-0.39, 0.29) is 5.54 Å². The van der Waals surface area contributed by atoms with Crippen LogP contribution in [0.1, 0.15) is 31.3 Å². The first-order chi connectivity index (χ1) is 8.45. The molecule has 0 radical (unpaired) electrons. The molecular formula is C12H17BrN4S. The highest BCUT2D eigenvalue weighted by Crippen LogP contribution is 2.21. The summed E-state index contributed by atoms with van der Waals surface area (Å²) in [6, 6.07) is 4.19. The van der Waals surface area contributed by atoms with E-state index < -0.39 is 0 Å². The summed E-state index contributed by atoms with van der Waals surface area (Å²) in [5, 5.41) is 11.7. The number of halogens is 1. The van der Waals surface area contributed by atoms with E-state index in [1.54, 1.807) is 11.3 Å². The second-order valence-corrected chi connectivity index (χ2v) is 7.68. The first kappa shape index (κ1) is 13.7. The summed E-state index contributed by atoms with van der Waals surface area (Å²) >= 11 is 5.20. The Morgan fingerprint density at radius 1 is 1.33 bits per heavy atom. The van der Waals surface area contributed by atoms with Crippen molar-refractivity contribution in [2.45, 2.75) is 39.4 Å². The van der Waals surface area contributed by atoms with Crippen LogP contribution in [0.25, 0.3) is 0 Å². The zero-order valence-electron chi connectivity index (χ0n) is 10.8. The van der Waals surface area contributed by atoms with Crippen LogP contribution in [0.4, 0.5) is 0 Å². The van der Waals surface area contributed by atoms with Crippen LogP contribution in [0.15, 0.2) is 22.1 Å². The van der Waals surface area contributed by atoms with E-state index in [9.17, 15) is 0 Å². The quantitative estimate of drug-likeness (QED) is 0.937. The fourth-order valence-electron chi connectivity index (χ4n) is 1.47. The molecule has 0 saturated carbocycles. The van der Waals surface area contributed by atoms with Gasteiger partial charge >= 0.3 is 0 Å². The molecule has 18 heavy (non-hydrogen) atoms. The molecule has 0 aliphatic rings. The second-order valence-electron chi connectivity index (χ2n) is 5.13. The summed E-state index contributed by atoms with van der Waals surface area (Å²) in [5.41, 5.74) is 0.963. The summed E-state index contributed by atoms with van der Waals surface area (Å²) < 4.78 is 3.06. The number of nitrogens with zero attached hydrogens (tertiary/aromatic N) is 3. The van der Waals surface area contributed by atoms with Gasteiger partial charge in [-0.2, -0.15) is 0 Å². The Hall–Kier alpha value is -0.720. The van der Waals surface area contributed by atoms with Crippen LogP contribution in [-0.4, -0.2) is 15.0 Å². The van der Waals surface area contributed by atoms with Gasteiger partial charge in [-0.1, -0.05) is 5.21 Å². The van der Waals surface area contributed by atoms with Crippen molar-refractivity contribution in [2.24, 2.45) is 0 Å². The fourth-order valence-corrected chi connectivity index (χ4v) is 2.92. The molecule has 0 aliphatic carbocycles. The minimum Gasteiger partial charge on any atom is -0.306 e. The molecule has 0 aliphatic heterocycles. The maximum atomic E-state index is 4.16. The summed E-state index contributed by atoms with van der Waals surface area (Å²) in [4.78, 5) is 1.31. The predicted octanol–water partition coefficient (Wildman–Crippen LogP) is 3.15. The van der Waals surface area contributed by atoms with Gasteiger partial charge in [-0.3, -0.25) is 0 Å². The molecule has 0 fully saturated rings. The molecule has 0 unspecified atom stereocenters. The smallest absolute Gasteiger partial charge is 0.0965 e. The zero-order chi connectivity index (χ0) is 13.2. The van der Waals surface area contributed by atoms with Crippen molar-refractivity contribution in [3.63, 3.8) is 0 Å². The predicted molar refractivity (Wildman–Crippen MR) is 77.6 cm³/mol. The van der Waals surface area contributed by atoms with Crippen LogP contribution in [0.5, 0.6) is 0 Å². The monoisotopic (exact) mass is 328 g/mol. The second kappa shape index (κ2) is 5.50. The number of aromatic nitrogens is 3. The Bertz CT molecular complexity index is 512. The van der Waals surface area contributed by atoms with Crippen molar-refractivity contribution in [2.75, 3.05) is 0 Å². The SMILES string of the molecule is CC(C)(C)n1cc(CNCc2ccc(Br)s2)nn1. The van der Waals surface area contributed by atoms with E-state index in [1.165, 1.54) is 4.88 Å². The number of hydrogen-bond donors (Lipinski definition) is 1. The first-order valence-electron chi connectivity index (χ1n) is 5.82. The van der Waals surface area contributed by atoms with Crippen molar-refractivity contribution >= 4 is 27.3 Å². The maximum Gasteiger partial charge on any atom is 0.0965 e. The van der Waals surface area contributed by atoms with Gasteiger partial charge < -0.3 is 5.32 Å². The van der Waals surface area contributed by atoms with E-state index in [0.717, 1.165) is 22.6 Å². The molecule has 0 atom stereocenters. The third kappa shape index (κ3) is 3.63. The zero-order valence-corrected chi connectivity index (χ0v) is 13.2. The van der Waals surface area contributed by atoms with Crippen LogP contribution in [0, 0.1) is 0 Å². The van der Waals surface area contributed by atoms with Crippen LogP contribution < -0.4 is 5.32 Å². The summed E-state index contributed by atoms with van der Waals surface area (Å²) in [6.45, 7) is 7.94. The number of thiophene rings is 1. The average molecular weight is 329 g/mol. The van der Waals surface area contributed by atoms with Gasteiger partial charge in [0.1, 0.15) is 0 Å². The van der Waals surface area contributed by atoms with E-state index in [4.69, 9.17) is 0 Å². The van der Waals surface area contributed by atoms with Gasteiger partial charge in [0, 0.05) is 18.0 Å². The van der Waals surface area contributed by atoms with Crippen molar-refractivity contribution in [1.29, 1.82) is 0 Å². The molecule has 0 aromatic carbocycles. The van der Waals surface area contributed by atoms with Crippen LogP contribution >= 0.6 is 27.3 Å². The Kier molecular flexibility index (Phi) is 4.19. The maximum absolute atomic E-state index is 4.16. The van der Waals surface area contributed by atoms with Gasteiger partial charge in [0.15, 0.2) is 0 Å². The van der Waals surface area contributed by atoms with Gasteiger partial charge in [-0.25, -0.2) is 4.68 Å². The minimum atomic E-state index is -0.0101. The molecule has 0 amide bonds. The lowest BCUT2D eigenvalue weighted by Gasteiger charge is -2.17. The molecule has 0 saturated heterocycles. The molecular weight excluding hydrogens is 312 g/mol. The van der Waals surface area contributed by atoms with E-state index in [2.05, 4.69) is 64.5 Å². The van der Waals surface area contributed by atoms with Gasteiger partial charge in [0.25, 0.3) is 0 Å². The molecule has 0 spiro atoms. The molecule has 2 heterocycles. The average Bonchev–Trinajstić information content (AvgIpc) is 2.87. The molecule has 4 nitrogen and oxygen atoms in total. The van der Waals surface area contributed by atoms with Gasteiger partial charge in [0.2, 0.25) is 0 Å². The third-order valence-corrected chi connectivity index (χ3v) is 4.09. The van der Waals surface area contributed by atoms with Gasteiger partial charge in [0.05, 0.1) is 21.2 Å². The largest absolute Gasteiger partial charge is 0.306 e. The summed E-state index contributed by atoms with van der Waals surface area (Å²) in [7, 11) is 0. The van der Waals surface area contributed by atoms with E-state index in [1.807, 2.05) is 10.9 Å². The van der Waals surface area contributed by atoms with Crippen LogP contribution in [-0.2, 0) is 18.6 Å². The number of hydrogen-bond acceptors (Lipinski definition) is 4. The first-order valence-corrected chi connectivity index (χ1v) is 7.43. The molecule has 2 rings (SSSR count). The van der Waals surface area contributed by atoms with Crippen LogP contribution in [0.2, 0.25) is 0 Å². The van der Waals surface area contributed by atoms with Crippen molar-refractivity contribution < 1.29 is 0 Å². The van der Waals surface area contributed by atoms with Crippen molar-refractivity contribution in [3.05, 3.63) is 32.7 Å². The Balaban J connectivity index is 1.85. The lowest BCUT2D eigenvalue weighted by Crippen LogP contribution is -2.22.